The molecule has 1 atom stereocenters. The van der Waals surface area contributed by atoms with Gasteiger partial charge in [-0.2, -0.15) is 0 Å². The van der Waals surface area contributed by atoms with Gasteiger partial charge in [0.2, 0.25) is 0 Å². The summed E-state index contributed by atoms with van der Waals surface area (Å²) in [6.45, 7) is 6.51. The van der Waals surface area contributed by atoms with E-state index in [0.717, 1.165) is 103 Å². The molecule has 0 amide bonds. The molecule has 0 aliphatic rings. The molecule has 0 heterocycles. The van der Waals surface area contributed by atoms with Crippen LogP contribution < -0.4 is 0 Å². The van der Waals surface area contributed by atoms with Crippen LogP contribution in [-0.2, 0) is 28.6 Å². The van der Waals surface area contributed by atoms with Crippen LogP contribution in [0, 0.1) is 0 Å². The van der Waals surface area contributed by atoms with E-state index < -0.39 is 6.10 Å². The van der Waals surface area contributed by atoms with Crippen LogP contribution in [0.5, 0.6) is 0 Å². The summed E-state index contributed by atoms with van der Waals surface area (Å²) in [5.41, 5.74) is 0. The zero-order valence-electron chi connectivity index (χ0n) is 54.2. The SMILES string of the molecule is CC/C=C\C/C=C\C/C=C\C/C=C\C/C=C\C/C=C\C/C=C\C/C=C\CCCCC(=O)OC(COC(=O)CCCCCCCCCCC)COC(=O)CCCCCCCCCCCCCCCCCCCCCCCCCCCCCC. The number of carbonyl (C=O) groups excluding carboxylic acids is 3. The number of unbranched alkanes of at least 4 members (excludes halogenated alkanes) is 37. The molecular formula is C76H132O6. The summed E-state index contributed by atoms with van der Waals surface area (Å²) < 4.78 is 16.9. The number of carbonyl (C=O) groups is 3. The predicted molar refractivity (Wildman–Crippen MR) is 357 cm³/mol. The van der Waals surface area contributed by atoms with Gasteiger partial charge in [0, 0.05) is 19.3 Å². The van der Waals surface area contributed by atoms with Crippen molar-refractivity contribution < 1.29 is 28.6 Å². The molecule has 0 rings (SSSR count). The van der Waals surface area contributed by atoms with Crippen molar-refractivity contribution in [3.05, 3.63) is 97.2 Å². The molecule has 6 heteroatoms. The van der Waals surface area contributed by atoms with Crippen LogP contribution in [0.1, 0.15) is 348 Å². The zero-order chi connectivity index (χ0) is 59.2. The van der Waals surface area contributed by atoms with Gasteiger partial charge in [-0.25, -0.2) is 0 Å². The lowest BCUT2D eigenvalue weighted by Crippen LogP contribution is -2.30. The van der Waals surface area contributed by atoms with Crippen molar-refractivity contribution >= 4 is 17.9 Å². The van der Waals surface area contributed by atoms with Crippen LogP contribution in [0.2, 0.25) is 0 Å². The quantitative estimate of drug-likeness (QED) is 0.0261. The van der Waals surface area contributed by atoms with E-state index in [0.29, 0.717) is 19.3 Å². The standard InChI is InChI=1S/C76H132O6/c1-4-7-10-13-16-19-21-23-25-27-29-31-33-35-37-39-40-42-44-46-48-50-52-54-57-60-63-66-69-75(78)81-72-73(71-80-74(77)68-65-62-59-56-18-15-12-9-6-3)82-76(79)70-67-64-61-58-55-53-51-49-47-45-43-41-38-36-34-32-30-28-26-24-22-20-17-14-11-8-5-2/h8,11,17,20,24,26,30,32,36,38,43,45,49,51,55,58,73H,4-7,9-10,12-16,18-19,21-23,25,27-29,31,33-35,37,39-42,44,46-48,50,52-54,56-57,59-72H2,1-3H3/b11-8-,20-17-,26-24-,32-30-,38-36-,45-43-,51-49-,58-55-. The Balaban J connectivity index is 4.22. The van der Waals surface area contributed by atoms with Crippen molar-refractivity contribution in [1.82, 2.24) is 0 Å². The lowest BCUT2D eigenvalue weighted by Gasteiger charge is -2.18. The fourth-order valence-electron chi connectivity index (χ4n) is 10.1. The van der Waals surface area contributed by atoms with E-state index in [2.05, 4.69) is 118 Å². The third-order valence-electron chi connectivity index (χ3n) is 15.4. The molecule has 0 aromatic carbocycles. The fraction of sp³-hybridized carbons (Fsp3) is 0.750. The minimum atomic E-state index is -0.799. The minimum absolute atomic E-state index is 0.0915. The summed E-state index contributed by atoms with van der Waals surface area (Å²) in [6.07, 6.45) is 94.6. The third-order valence-corrected chi connectivity index (χ3v) is 15.4. The maximum absolute atomic E-state index is 12.9. The average Bonchev–Trinajstić information content (AvgIpc) is 3.48. The van der Waals surface area contributed by atoms with Gasteiger partial charge in [-0.05, 0) is 83.5 Å². The summed E-state index contributed by atoms with van der Waals surface area (Å²) in [5.74, 6) is -0.924. The van der Waals surface area contributed by atoms with Crippen LogP contribution in [0.15, 0.2) is 97.2 Å². The largest absolute Gasteiger partial charge is 0.462 e. The number of hydrogen-bond donors (Lipinski definition) is 0. The van der Waals surface area contributed by atoms with Crippen molar-refractivity contribution in [3.63, 3.8) is 0 Å². The molecule has 472 valence electrons. The molecule has 0 saturated heterocycles. The van der Waals surface area contributed by atoms with Gasteiger partial charge in [-0.1, -0.05) is 343 Å². The second-order valence-corrected chi connectivity index (χ2v) is 23.4. The lowest BCUT2D eigenvalue weighted by molar-refractivity contribution is -0.167. The van der Waals surface area contributed by atoms with Gasteiger partial charge in [-0.3, -0.25) is 14.4 Å². The molecule has 0 spiro atoms. The molecule has 6 nitrogen and oxygen atoms in total. The number of rotatable bonds is 64. The number of esters is 3. The molecule has 0 radical (unpaired) electrons. The molecule has 82 heavy (non-hydrogen) atoms. The maximum Gasteiger partial charge on any atom is 0.306 e. The Morgan fingerprint density at radius 3 is 0.744 bits per heavy atom. The molecule has 0 N–H and O–H groups in total. The van der Waals surface area contributed by atoms with Gasteiger partial charge >= 0.3 is 17.9 Å². The first-order valence-corrected chi connectivity index (χ1v) is 35.2. The Labute approximate surface area is 508 Å². The van der Waals surface area contributed by atoms with Crippen molar-refractivity contribution in [2.24, 2.45) is 0 Å². The molecule has 0 aliphatic carbocycles. The highest BCUT2D eigenvalue weighted by Gasteiger charge is 2.19. The van der Waals surface area contributed by atoms with E-state index in [1.807, 2.05) is 0 Å². The normalized spacial score (nSPS) is 12.7. The van der Waals surface area contributed by atoms with Crippen LogP contribution in [-0.4, -0.2) is 37.2 Å². The Morgan fingerprint density at radius 1 is 0.256 bits per heavy atom. The number of ether oxygens (including phenoxy) is 3. The zero-order valence-corrected chi connectivity index (χ0v) is 54.2. The van der Waals surface area contributed by atoms with Gasteiger partial charge in [0.1, 0.15) is 13.2 Å². The molecule has 1 unspecified atom stereocenters. The highest BCUT2D eigenvalue weighted by molar-refractivity contribution is 5.71. The molecular weight excluding hydrogens is 1010 g/mol. The number of allylic oxidation sites excluding steroid dienone is 16. The summed E-state index contributed by atoms with van der Waals surface area (Å²) in [6, 6.07) is 0. The summed E-state index contributed by atoms with van der Waals surface area (Å²) >= 11 is 0. The van der Waals surface area contributed by atoms with E-state index in [4.69, 9.17) is 14.2 Å². The topological polar surface area (TPSA) is 78.9 Å². The van der Waals surface area contributed by atoms with Crippen molar-refractivity contribution in [3.8, 4) is 0 Å². The highest BCUT2D eigenvalue weighted by Crippen LogP contribution is 2.18. The maximum atomic E-state index is 12.9. The monoisotopic (exact) mass is 1140 g/mol. The second-order valence-electron chi connectivity index (χ2n) is 23.4. The lowest BCUT2D eigenvalue weighted by atomic mass is 10.0. The molecule has 0 saturated carbocycles. The number of hydrogen-bond acceptors (Lipinski definition) is 6. The first-order valence-electron chi connectivity index (χ1n) is 35.2. The van der Waals surface area contributed by atoms with E-state index in [-0.39, 0.29) is 37.5 Å². The van der Waals surface area contributed by atoms with E-state index in [9.17, 15) is 14.4 Å². The van der Waals surface area contributed by atoms with Crippen LogP contribution in [0.25, 0.3) is 0 Å². The Morgan fingerprint density at radius 2 is 0.476 bits per heavy atom. The van der Waals surface area contributed by atoms with Crippen molar-refractivity contribution in [1.29, 1.82) is 0 Å². The minimum Gasteiger partial charge on any atom is -0.462 e. The fourth-order valence-corrected chi connectivity index (χ4v) is 10.1. The Kier molecular flexibility index (Phi) is 66.7. The first-order chi connectivity index (χ1) is 40.5. The second kappa shape index (κ2) is 69.8. The Hall–Kier alpha value is -3.67. The van der Waals surface area contributed by atoms with Crippen molar-refractivity contribution in [2.75, 3.05) is 13.2 Å². The van der Waals surface area contributed by atoms with Gasteiger partial charge < -0.3 is 14.2 Å². The average molecular weight is 1140 g/mol. The Bertz CT molecular complexity index is 1590. The van der Waals surface area contributed by atoms with E-state index in [1.165, 1.54) is 199 Å². The summed E-state index contributed by atoms with van der Waals surface area (Å²) in [7, 11) is 0. The molecule has 0 fully saturated rings. The van der Waals surface area contributed by atoms with Gasteiger partial charge in [0.25, 0.3) is 0 Å². The summed E-state index contributed by atoms with van der Waals surface area (Å²) in [5, 5.41) is 0. The van der Waals surface area contributed by atoms with Crippen LogP contribution in [0.4, 0.5) is 0 Å². The van der Waals surface area contributed by atoms with E-state index >= 15 is 0 Å². The molecule has 0 aromatic rings. The first kappa shape index (κ1) is 78.3. The van der Waals surface area contributed by atoms with Gasteiger partial charge in [0.05, 0.1) is 0 Å². The van der Waals surface area contributed by atoms with Crippen LogP contribution >= 0.6 is 0 Å². The third kappa shape index (κ3) is 67.1. The van der Waals surface area contributed by atoms with Crippen molar-refractivity contribution in [2.45, 2.75) is 354 Å². The summed E-state index contributed by atoms with van der Waals surface area (Å²) in [4.78, 5) is 38.3. The molecule has 0 aromatic heterocycles. The van der Waals surface area contributed by atoms with Crippen LogP contribution in [0.3, 0.4) is 0 Å². The van der Waals surface area contributed by atoms with Gasteiger partial charge in [0.15, 0.2) is 6.10 Å². The van der Waals surface area contributed by atoms with E-state index in [1.54, 1.807) is 0 Å². The predicted octanol–water partition coefficient (Wildman–Crippen LogP) is 24.4. The van der Waals surface area contributed by atoms with Gasteiger partial charge in [-0.15, -0.1) is 0 Å². The highest BCUT2D eigenvalue weighted by atomic mass is 16.6. The molecule has 0 bridgehead atoms. The molecule has 0 aliphatic heterocycles. The smallest absolute Gasteiger partial charge is 0.306 e.